The quantitative estimate of drug-likeness (QED) is 0.784. The van der Waals surface area contributed by atoms with Gasteiger partial charge in [0.25, 0.3) is 0 Å². The largest absolute Gasteiger partial charge is 0.495 e. The van der Waals surface area contributed by atoms with E-state index in [9.17, 15) is 0 Å². The van der Waals surface area contributed by atoms with Crippen molar-refractivity contribution in [1.82, 2.24) is 0 Å². The van der Waals surface area contributed by atoms with Crippen molar-refractivity contribution in [3.63, 3.8) is 0 Å². The first kappa shape index (κ1) is 16.4. The van der Waals surface area contributed by atoms with Gasteiger partial charge in [-0.2, -0.15) is 0 Å². The summed E-state index contributed by atoms with van der Waals surface area (Å²) in [4.78, 5) is 0. The highest BCUT2D eigenvalue weighted by Gasteiger charge is 2.08. The monoisotopic (exact) mass is 336 g/mol. The molecule has 2 aromatic carbocycles. The molecular formula is C16H17ClN2O2S. The molecule has 0 spiro atoms. The molecule has 0 fully saturated rings. The zero-order chi connectivity index (χ0) is 15.9. The molecule has 2 N–H and O–H groups in total. The third kappa shape index (κ3) is 4.26. The number of rotatable bonds is 5. The van der Waals surface area contributed by atoms with Crippen molar-refractivity contribution in [2.75, 3.05) is 24.4 Å². The second-order valence-corrected chi connectivity index (χ2v) is 5.20. The Morgan fingerprint density at radius 1 is 1.09 bits per heavy atom. The first-order valence-electron chi connectivity index (χ1n) is 6.77. The van der Waals surface area contributed by atoms with E-state index in [1.54, 1.807) is 25.3 Å². The lowest BCUT2D eigenvalue weighted by molar-refractivity contribution is 0.342. The molecule has 0 unspecified atom stereocenters. The minimum atomic E-state index is 0.424. The Kier molecular flexibility index (Phi) is 5.86. The summed E-state index contributed by atoms with van der Waals surface area (Å²) in [5.41, 5.74) is 1.49. The van der Waals surface area contributed by atoms with E-state index in [0.29, 0.717) is 28.2 Å². The van der Waals surface area contributed by atoms with Crippen LogP contribution in [0, 0.1) is 0 Å². The zero-order valence-corrected chi connectivity index (χ0v) is 13.9. The predicted octanol–water partition coefficient (Wildman–Crippen LogP) is 4.56. The van der Waals surface area contributed by atoms with Gasteiger partial charge in [-0.15, -0.1) is 0 Å². The lowest BCUT2D eigenvalue weighted by Crippen LogP contribution is -2.20. The Hall–Kier alpha value is -1.98. The van der Waals surface area contributed by atoms with Crippen LogP contribution in [0.3, 0.4) is 0 Å². The minimum absolute atomic E-state index is 0.424. The van der Waals surface area contributed by atoms with E-state index < -0.39 is 0 Å². The number of hydrogen-bond acceptors (Lipinski definition) is 3. The number of benzene rings is 2. The molecular weight excluding hydrogens is 320 g/mol. The SMILES string of the molecule is CCOc1ccccc1NC(=S)Nc1cc(Cl)ccc1OC. The topological polar surface area (TPSA) is 42.5 Å². The van der Waals surface area contributed by atoms with Crippen molar-refractivity contribution >= 4 is 40.3 Å². The van der Waals surface area contributed by atoms with Crippen LogP contribution in [0.2, 0.25) is 5.02 Å². The standard InChI is InChI=1S/C16H17ClN2O2S/c1-3-21-15-7-5-4-6-12(15)18-16(22)19-13-10-11(17)8-9-14(13)20-2/h4-10H,3H2,1-2H3,(H2,18,19,22). The maximum absolute atomic E-state index is 6.00. The van der Waals surface area contributed by atoms with Crippen LogP contribution in [0.4, 0.5) is 11.4 Å². The van der Waals surface area contributed by atoms with E-state index in [1.165, 1.54) is 0 Å². The second kappa shape index (κ2) is 7.87. The van der Waals surface area contributed by atoms with Crippen molar-refractivity contribution in [2.45, 2.75) is 6.92 Å². The summed E-state index contributed by atoms with van der Waals surface area (Å²) in [5, 5.41) is 7.21. The lowest BCUT2D eigenvalue weighted by Gasteiger charge is -2.15. The fourth-order valence-corrected chi connectivity index (χ4v) is 2.30. The highest BCUT2D eigenvalue weighted by molar-refractivity contribution is 7.80. The molecule has 0 aliphatic rings. The fourth-order valence-electron chi connectivity index (χ4n) is 1.91. The van der Waals surface area contributed by atoms with E-state index >= 15 is 0 Å². The van der Waals surface area contributed by atoms with E-state index in [-0.39, 0.29) is 0 Å². The van der Waals surface area contributed by atoms with Crippen molar-refractivity contribution < 1.29 is 9.47 Å². The normalized spacial score (nSPS) is 9.95. The first-order chi connectivity index (χ1) is 10.6. The Bertz CT molecular complexity index is 664. The average molecular weight is 337 g/mol. The number of thiocarbonyl (C=S) groups is 1. The summed E-state index contributed by atoms with van der Waals surface area (Å²) in [7, 11) is 1.59. The van der Waals surface area contributed by atoms with Gasteiger partial charge in [0.05, 0.1) is 25.1 Å². The number of anilines is 2. The molecule has 0 bridgehead atoms. The highest BCUT2D eigenvalue weighted by Crippen LogP contribution is 2.28. The zero-order valence-electron chi connectivity index (χ0n) is 12.4. The molecule has 0 aromatic heterocycles. The maximum atomic E-state index is 6.00. The number of hydrogen-bond donors (Lipinski definition) is 2. The fraction of sp³-hybridized carbons (Fsp3) is 0.188. The number of ether oxygens (including phenoxy) is 2. The van der Waals surface area contributed by atoms with Gasteiger partial charge in [0.2, 0.25) is 0 Å². The van der Waals surface area contributed by atoms with Gasteiger partial charge in [0.15, 0.2) is 5.11 Å². The third-order valence-corrected chi connectivity index (χ3v) is 3.28. The van der Waals surface area contributed by atoms with Gasteiger partial charge in [0.1, 0.15) is 11.5 Å². The molecule has 0 saturated heterocycles. The highest BCUT2D eigenvalue weighted by atomic mass is 35.5. The van der Waals surface area contributed by atoms with Gasteiger partial charge in [-0.3, -0.25) is 0 Å². The summed E-state index contributed by atoms with van der Waals surface area (Å²) in [6.45, 7) is 2.52. The Labute approximate surface area is 140 Å². The van der Waals surface area contributed by atoms with Crippen LogP contribution < -0.4 is 20.1 Å². The van der Waals surface area contributed by atoms with E-state index in [1.807, 2.05) is 31.2 Å². The van der Waals surface area contributed by atoms with Crippen molar-refractivity contribution in [3.05, 3.63) is 47.5 Å². The maximum Gasteiger partial charge on any atom is 0.175 e. The molecule has 2 aromatic rings. The van der Waals surface area contributed by atoms with E-state index in [0.717, 1.165) is 11.4 Å². The van der Waals surface area contributed by atoms with Gasteiger partial charge in [-0.25, -0.2) is 0 Å². The Balaban J connectivity index is 2.12. The second-order valence-electron chi connectivity index (χ2n) is 4.35. The molecule has 0 heterocycles. The summed E-state index contributed by atoms with van der Waals surface area (Å²) in [6.07, 6.45) is 0. The summed E-state index contributed by atoms with van der Waals surface area (Å²) < 4.78 is 10.8. The predicted molar refractivity (Wildman–Crippen MR) is 95.5 cm³/mol. The average Bonchev–Trinajstić information content (AvgIpc) is 2.50. The van der Waals surface area contributed by atoms with Crippen LogP contribution in [-0.4, -0.2) is 18.8 Å². The van der Waals surface area contributed by atoms with Crippen LogP contribution in [-0.2, 0) is 0 Å². The van der Waals surface area contributed by atoms with Crippen LogP contribution >= 0.6 is 23.8 Å². The molecule has 0 aliphatic carbocycles. The first-order valence-corrected chi connectivity index (χ1v) is 7.56. The molecule has 0 amide bonds. The van der Waals surface area contributed by atoms with Gasteiger partial charge in [-0.1, -0.05) is 23.7 Å². The van der Waals surface area contributed by atoms with Crippen LogP contribution in [0.1, 0.15) is 6.92 Å². The van der Waals surface area contributed by atoms with Gasteiger partial charge < -0.3 is 20.1 Å². The van der Waals surface area contributed by atoms with Gasteiger partial charge in [-0.05, 0) is 49.5 Å². The molecule has 0 atom stereocenters. The smallest absolute Gasteiger partial charge is 0.175 e. The van der Waals surface area contributed by atoms with Gasteiger partial charge >= 0.3 is 0 Å². The molecule has 116 valence electrons. The van der Waals surface area contributed by atoms with E-state index in [2.05, 4.69) is 10.6 Å². The summed E-state index contributed by atoms with van der Waals surface area (Å²) in [6, 6.07) is 12.9. The van der Waals surface area contributed by atoms with Gasteiger partial charge in [0, 0.05) is 5.02 Å². The van der Waals surface area contributed by atoms with Crippen molar-refractivity contribution in [1.29, 1.82) is 0 Å². The Morgan fingerprint density at radius 3 is 2.55 bits per heavy atom. The van der Waals surface area contributed by atoms with Crippen LogP contribution in [0.15, 0.2) is 42.5 Å². The van der Waals surface area contributed by atoms with Crippen LogP contribution in [0.5, 0.6) is 11.5 Å². The number of nitrogens with one attached hydrogen (secondary N) is 2. The minimum Gasteiger partial charge on any atom is -0.495 e. The number of methoxy groups -OCH3 is 1. The molecule has 0 radical (unpaired) electrons. The van der Waals surface area contributed by atoms with Crippen molar-refractivity contribution in [3.8, 4) is 11.5 Å². The third-order valence-electron chi connectivity index (χ3n) is 2.84. The lowest BCUT2D eigenvalue weighted by atomic mass is 10.3. The molecule has 22 heavy (non-hydrogen) atoms. The molecule has 2 rings (SSSR count). The molecule has 0 saturated carbocycles. The molecule has 0 aliphatic heterocycles. The van der Waals surface area contributed by atoms with Crippen LogP contribution in [0.25, 0.3) is 0 Å². The summed E-state index contributed by atoms with van der Waals surface area (Å²) in [5.74, 6) is 1.40. The molecule has 4 nitrogen and oxygen atoms in total. The van der Waals surface area contributed by atoms with E-state index in [4.69, 9.17) is 33.3 Å². The number of halogens is 1. The molecule has 6 heteroatoms. The number of para-hydroxylation sites is 2. The van der Waals surface area contributed by atoms with Crippen molar-refractivity contribution in [2.24, 2.45) is 0 Å². The Morgan fingerprint density at radius 2 is 1.82 bits per heavy atom. The summed E-state index contributed by atoms with van der Waals surface area (Å²) >= 11 is 11.3.